The van der Waals surface area contributed by atoms with Crippen LogP contribution in [0.2, 0.25) is 0 Å². The van der Waals surface area contributed by atoms with Gasteiger partial charge in [-0.1, -0.05) is 12.1 Å². The Bertz CT molecular complexity index is 521. The first-order valence-electron chi connectivity index (χ1n) is 5.65. The van der Waals surface area contributed by atoms with Gasteiger partial charge >= 0.3 is 0 Å². The smallest absolute Gasteiger partial charge is 0.139 e. The van der Waals surface area contributed by atoms with Gasteiger partial charge in [-0.2, -0.15) is 0 Å². The van der Waals surface area contributed by atoms with Crippen molar-refractivity contribution in [3.63, 3.8) is 0 Å². The molecule has 0 saturated heterocycles. The first kappa shape index (κ1) is 9.46. The van der Waals surface area contributed by atoms with Gasteiger partial charge in [-0.25, -0.2) is 4.98 Å². The molecule has 1 aliphatic rings. The molecule has 82 valence electrons. The SMILES string of the molecule is Cc1nc(-c2cccc3c2NCC3)[nH]c1C. The number of H-pyrrole nitrogens is 1. The van der Waals surface area contributed by atoms with Gasteiger partial charge in [0.2, 0.25) is 0 Å². The molecule has 1 aromatic heterocycles. The highest BCUT2D eigenvalue weighted by Crippen LogP contribution is 2.32. The third kappa shape index (κ3) is 1.32. The lowest BCUT2D eigenvalue weighted by Gasteiger charge is -2.05. The van der Waals surface area contributed by atoms with Gasteiger partial charge in [0.15, 0.2) is 0 Å². The molecule has 0 radical (unpaired) electrons. The number of nitrogens with one attached hydrogen (secondary N) is 2. The number of benzene rings is 1. The zero-order valence-electron chi connectivity index (χ0n) is 9.59. The fourth-order valence-electron chi connectivity index (χ4n) is 2.21. The van der Waals surface area contributed by atoms with Gasteiger partial charge in [-0.05, 0) is 31.9 Å². The molecule has 0 aliphatic carbocycles. The van der Waals surface area contributed by atoms with Gasteiger partial charge in [0.1, 0.15) is 5.82 Å². The van der Waals surface area contributed by atoms with Gasteiger partial charge in [0.25, 0.3) is 0 Å². The molecule has 16 heavy (non-hydrogen) atoms. The Morgan fingerprint density at radius 2 is 2.12 bits per heavy atom. The number of fused-ring (bicyclic) bond motifs is 1. The molecule has 2 heterocycles. The van der Waals surface area contributed by atoms with Crippen molar-refractivity contribution in [2.75, 3.05) is 11.9 Å². The van der Waals surface area contributed by atoms with E-state index >= 15 is 0 Å². The van der Waals surface area contributed by atoms with Gasteiger partial charge in [-0.15, -0.1) is 0 Å². The Morgan fingerprint density at radius 3 is 2.88 bits per heavy atom. The van der Waals surface area contributed by atoms with Crippen LogP contribution in [0.1, 0.15) is 17.0 Å². The van der Waals surface area contributed by atoms with E-state index in [1.54, 1.807) is 0 Å². The van der Waals surface area contributed by atoms with Crippen LogP contribution in [0.25, 0.3) is 11.4 Å². The van der Waals surface area contributed by atoms with Crippen LogP contribution in [0.3, 0.4) is 0 Å². The molecule has 3 rings (SSSR count). The summed E-state index contributed by atoms with van der Waals surface area (Å²) in [6, 6.07) is 6.41. The number of anilines is 1. The summed E-state index contributed by atoms with van der Waals surface area (Å²) in [6.07, 6.45) is 1.11. The molecule has 0 saturated carbocycles. The summed E-state index contributed by atoms with van der Waals surface area (Å²) in [5, 5.41) is 3.44. The van der Waals surface area contributed by atoms with Gasteiger partial charge in [0, 0.05) is 23.5 Å². The molecule has 0 unspecified atom stereocenters. The lowest BCUT2D eigenvalue weighted by Crippen LogP contribution is -1.94. The third-order valence-electron chi connectivity index (χ3n) is 3.23. The molecule has 0 amide bonds. The van der Waals surface area contributed by atoms with E-state index in [2.05, 4.69) is 40.4 Å². The highest BCUT2D eigenvalue weighted by Gasteiger charge is 2.16. The van der Waals surface area contributed by atoms with Crippen LogP contribution in [0.15, 0.2) is 18.2 Å². The standard InChI is InChI=1S/C13H15N3/c1-8-9(2)16-13(15-8)11-5-3-4-10-6-7-14-12(10)11/h3-5,14H,6-7H2,1-2H3,(H,15,16). The van der Waals surface area contributed by atoms with Gasteiger partial charge in [0.05, 0.1) is 5.69 Å². The van der Waals surface area contributed by atoms with E-state index in [4.69, 9.17) is 0 Å². The van der Waals surface area contributed by atoms with Crippen molar-refractivity contribution >= 4 is 5.69 Å². The number of hydrogen-bond acceptors (Lipinski definition) is 2. The summed E-state index contributed by atoms with van der Waals surface area (Å²) >= 11 is 0. The fraction of sp³-hybridized carbons (Fsp3) is 0.308. The van der Waals surface area contributed by atoms with E-state index in [1.807, 2.05) is 6.92 Å². The average Bonchev–Trinajstić information content (AvgIpc) is 2.85. The number of imidazole rings is 1. The first-order chi connectivity index (χ1) is 7.75. The number of rotatable bonds is 1. The maximum atomic E-state index is 4.56. The molecular weight excluding hydrogens is 198 g/mol. The van der Waals surface area contributed by atoms with E-state index in [0.717, 1.165) is 30.2 Å². The maximum Gasteiger partial charge on any atom is 0.139 e. The van der Waals surface area contributed by atoms with Crippen molar-refractivity contribution in [3.8, 4) is 11.4 Å². The lowest BCUT2D eigenvalue weighted by molar-refractivity contribution is 1.11. The Kier molecular flexibility index (Phi) is 1.99. The predicted octanol–water partition coefficient (Wildman–Crippen LogP) is 2.66. The largest absolute Gasteiger partial charge is 0.384 e. The summed E-state index contributed by atoms with van der Waals surface area (Å²) in [5.41, 5.74) is 6.04. The zero-order chi connectivity index (χ0) is 11.1. The summed E-state index contributed by atoms with van der Waals surface area (Å²) in [7, 11) is 0. The van der Waals surface area contributed by atoms with Crippen molar-refractivity contribution in [3.05, 3.63) is 35.2 Å². The Morgan fingerprint density at radius 1 is 1.25 bits per heavy atom. The second-order valence-electron chi connectivity index (χ2n) is 4.31. The maximum absolute atomic E-state index is 4.56. The predicted molar refractivity (Wildman–Crippen MR) is 65.7 cm³/mol. The zero-order valence-corrected chi connectivity index (χ0v) is 9.59. The second-order valence-corrected chi connectivity index (χ2v) is 4.31. The minimum absolute atomic E-state index is 0.973. The average molecular weight is 213 g/mol. The molecule has 1 aromatic carbocycles. The van der Waals surface area contributed by atoms with Crippen LogP contribution in [0, 0.1) is 13.8 Å². The number of aromatic nitrogens is 2. The van der Waals surface area contributed by atoms with Gasteiger partial charge in [-0.3, -0.25) is 0 Å². The van der Waals surface area contributed by atoms with Crippen molar-refractivity contribution in [1.82, 2.24) is 9.97 Å². The van der Waals surface area contributed by atoms with Crippen LogP contribution in [-0.4, -0.2) is 16.5 Å². The minimum atomic E-state index is 0.973. The Labute approximate surface area is 94.9 Å². The molecule has 0 atom stereocenters. The monoisotopic (exact) mass is 213 g/mol. The Hall–Kier alpha value is -1.77. The van der Waals surface area contributed by atoms with Crippen LogP contribution in [-0.2, 0) is 6.42 Å². The number of aryl methyl sites for hydroxylation is 2. The summed E-state index contributed by atoms with van der Waals surface area (Å²) in [6.45, 7) is 5.12. The normalized spacial score (nSPS) is 13.6. The highest BCUT2D eigenvalue weighted by atomic mass is 15.0. The molecule has 3 heteroatoms. The first-order valence-corrected chi connectivity index (χ1v) is 5.65. The number of hydrogen-bond donors (Lipinski definition) is 2. The van der Waals surface area contributed by atoms with E-state index in [-0.39, 0.29) is 0 Å². The lowest BCUT2D eigenvalue weighted by atomic mass is 10.1. The third-order valence-corrected chi connectivity index (χ3v) is 3.23. The second kappa shape index (κ2) is 3.37. The quantitative estimate of drug-likeness (QED) is 0.764. The van der Waals surface area contributed by atoms with E-state index in [9.17, 15) is 0 Å². The van der Waals surface area contributed by atoms with Crippen molar-refractivity contribution in [2.45, 2.75) is 20.3 Å². The molecule has 2 aromatic rings. The van der Waals surface area contributed by atoms with Crippen LogP contribution >= 0.6 is 0 Å². The van der Waals surface area contributed by atoms with Crippen LogP contribution < -0.4 is 5.32 Å². The molecule has 2 N–H and O–H groups in total. The summed E-state index contributed by atoms with van der Waals surface area (Å²) < 4.78 is 0. The topological polar surface area (TPSA) is 40.7 Å². The minimum Gasteiger partial charge on any atom is -0.384 e. The molecular formula is C13H15N3. The van der Waals surface area contributed by atoms with Crippen molar-refractivity contribution < 1.29 is 0 Å². The molecule has 0 fully saturated rings. The van der Waals surface area contributed by atoms with Crippen LogP contribution in [0.5, 0.6) is 0 Å². The van der Waals surface area contributed by atoms with E-state index < -0.39 is 0 Å². The highest BCUT2D eigenvalue weighted by molar-refractivity contribution is 5.78. The molecule has 0 spiro atoms. The summed E-state index contributed by atoms with van der Waals surface area (Å²) in [4.78, 5) is 7.90. The van der Waals surface area contributed by atoms with Crippen molar-refractivity contribution in [1.29, 1.82) is 0 Å². The molecule has 3 nitrogen and oxygen atoms in total. The fourth-order valence-corrected chi connectivity index (χ4v) is 2.21. The summed E-state index contributed by atoms with van der Waals surface area (Å²) in [5.74, 6) is 0.973. The van der Waals surface area contributed by atoms with Gasteiger partial charge < -0.3 is 10.3 Å². The number of para-hydroxylation sites is 1. The van der Waals surface area contributed by atoms with Crippen molar-refractivity contribution in [2.24, 2.45) is 0 Å². The Balaban J connectivity index is 2.17. The van der Waals surface area contributed by atoms with E-state index in [1.165, 1.54) is 16.8 Å². The van der Waals surface area contributed by atoms with Crippen LogP contribution in [0.4, 0.5) is 5.69 Å². The number of nitrogens with zero attached hydrogens (tertiary/aromatic N) is 1. The molecule has 0 bridgehead atoms. The number of aromatic amines is 1. The van der Waals surface area contributed by atoms with E-state index in [0.29, 0.717) is 0 Å². The molecule has 1 aliphatic heterocycles.